The van der Waals surface area contributed by atoms with E-state index in [4.69, 9.17) is 17.3 Å². The second-order valence-electron chi connectivity index (χ2n) is 4.15. The van der Waals surface area contributed by atoms with Crippen LogP contribution in [0.4, 0.5) is 11.4 Å². The van der Waals surface area contributed by atoms with Crippen LogP contribution in [0.15, 0.2) is 18.2 Å². The lowest BCUT2D eigenvalue weighted by atomic mass is 10.2. The van der Waals surface area contributed by atoms with Crippen molar-refractivity contribution in [1.29, 1.82) is 0 Å². The zero-order valence-electron chi connectivity index (χ0n) is 10.9. The second-order valence-corrected chi connectivity index (χ2v) is 4.59. The molecule has 0 fully saturated rings. The Hall–Kier alpha value is -0.930. The van der Waals surface area contributed by atoms with E-state index in [1.165, 1.54) is 0 Å². The smallest absolute Gasteiger partial charge is 0.0612 e. The number of nitrogens with two attached hydrogens (primary N) is 1. The average molecular weight is 256 g/mol. The van der Waals surface area contributed by atoms with Crippen molar-refractivity contribution in [3.8, 4) is 0 Å². The Labute approximate surface area is 109 Å². The third kappa shape index (κ3) is 4.10. The van der Waals surface area contributed by atoms with Crippen LogP contribution >= 0.6 is 11.6 Å². The minimum atomic E-state index is 0.726. The van der Waals surface area contributed by atoms with Gasteiger partial charge in [-0.2, -0.15) is 0 Å². The molecule has 2 N–H and O–H groups in total. The topological polar surface area (TPSA) is 32.5 Å². The van der Waals surface area contributed by atoms with Crippen LogP contribution in [0.5, 0.6) is 0 Å². The van der Waals surface area contributed by atoms with Crippen molar-refractivity contribution in [1.82, 2.24) is 4.90 Å². The fourth-order valence-corrected chi connectivity index (χ4v) is 1.97. The molecule has 0 heterocycles. The van der Waals surface area contributed by atoms with E-state index in [1.54, 1.807) is 0 Å². The molecule has 0 bridgehead atoms. The highest BCUT2D eigenvalue weighted by atomic mass is 35.5. The predicted octanol–water partition coefficient (Wildman–Crippen LogP) is 2.70. The summed E-state index contributed by atoms with van der Waals surface area (Å²) in [6, 6.07) is 5.59. The molecule has 0 aliphatic carbocycles. The standard InChI is InChI=1S/C13H22ClN3/c1-4-17(5-2)9-8-16(3)13-10-11(14)6-7-12(13)15/h6-7,10H,4-5,8-9,15H2,1-3H3. The number of nitrogens with zero attached hydrogens (tertiary/aromatic N) is 2. The first-order valence-corrected chi connectivity index (χ1v) is 6.44. The lowest BCUT2D eigenvalue weighted by molar-refractivity contribution is 0.311. The maximum Gasteiger partial charge on any atom is 0.0612 e. The van der Waals surface area contributed by atoms with Gasteiger partial charge >= 0.3 is 0 Å². The van der Waals surface area contributed by atoms with Crippen LogP contribution < -0.4 is 10.6 Å². The Bertz CT molecular complexity index is 351. The van der Waals surface area contributed by atoms with Crippen molar-refractivity contribution >= 4 is 23.0 Å². The van der Waals surface area contributed by atoms with Gasteiger partial charge in [0, 0.05) is 25.2 Å². The van der Waals surface area contributed by atoms with E-state index in [2.05, 4.69) is 23.6 Å². The molecule has 3 nitrogen and oxygen atoms in total. The molecule has 0 aliphatic heterocycles. The van der Waals surface area contributed by atoms with Crippen LogP contribution in [-0.2, 0) is 0 Å². The van der Waals surface area contributed by atoms with Gasteiger partial charge < -0.3 is 15.5 Å². The molecular formula is C13H22ClN3. The fourth-order valence-electron chi connectivity index (χ4n) is 1.80. The summed E-state index contributed by atoms with van der Waals surface area (Å²) >= 11 is 5.99. The van der Waals surface area contributed by atoms with E-state index in [1.807, 2.05) is 25.2 Å². The normalized spacial score (nSPS) is 10.9. The summed E-state index contributed by atoms with van der Waals surface area (Å²) in [6.07, 6.45) is 0. The van der Waals surface area contributed by atoms with Crippen molar-refractivity contribution in [2.75, 3.05) is 43.9 Å². The highest BCUT2D eigenvalue weighted by molar-refractivity contribution is 6.31. The first-order valence-electron chi connectivity index (χ1n) is 6.07. The number of benzene rings is 1. The zero-order valence-corrected chi connectivity index (χ0v) is 11.7. The molecule has 0 amide bonds. The maximum atomic E-state index is 5.99. The van der Waals surface area contributed by atoms with E-state index in [0.717, 1.165) is 42.6 Å². The molecule has 0 radical (unpaired) electrons. The molecule has 0 aliphatic rings. The zero-order chi connectivity index (χ0) is 12.8. The maximum absolute atomic E-state index is 5.99. The van der Waals surface area contributed by atoms with Gasteiger partial charge in [-0.15, -0.1) is 0 Å². The van der Waals surface area contributed by atoms with Crippen LogP contribution in [0.2, 0.25) is 5.02 Å². The molecule has 17 heavy (non-hydrogen) atoms. The molecule has 0 aromatic heterocycles. The molecule has 0 spiro atoms. The Balaban J connectivity index is 2.63. The quantitative estimate of drug-likeness (QED) is 0.794. The van der Waals surface area contributed by atoms with Gasteiger partial charge in [-0.05, 0) is 31.3 Å². The lowest BCUT2D eigenvalue weighted by Crippen LogP contribution is -2.33. The van der Waals surface area contributed by atoms with Crippen molar-refractivity contribution in [3.63, 3.8) is 0 Å². The van der Waals surface area contributed by atoms with E-state index < -0.39 is 0 Å². The van der Waals surface area contributed by atoms with Crippen LogP contribution in [0.1, 0.15) is 13.8 Å². The van der Waals surface area contributed by atoms with Gasteiger partial charge in [-0.25, -0.2) is 0 Å². The highest BCUT2D eigenvalue weighted by Gasteiger charge is 2.07. The fraction of sp³-hybridized carbons (Fsp3) is 0.538. The largest absolute Gasteiger partial charge is 0.397 e. The van der Waals surface area contributed by atoms with E-state index in [9.17, 15) is 0 Å². The predicted molar refractivity (Wildman–Crippen MR) is 76.9 cm³/mol. The Morgan fingerprint density at radius 2 is 1.82 bits per heavy atom. The Kier molecular flexibility index (Phi) is 5.59. The number of nitrogen functional groups attached to an aromatic ring is 1. The third-order valence-electron chi connectivity index (χ3n) is 3.05. The van der Waals surface area contributed by atoms with Crippen LogP contribution in [0.3, 0.4) is 0 Å². The number of anilines is 2. The van der Waals surface area contributed by atoms with Gasteiger partial charge in [0.2, 0.25) is 0 Å². The van der Waals surface area contributed by atoms with Crippen LogP contribution in [0.25, 0.3) is 0 Å². The highest BCUT2D eigenvalue weighted by Crippen LogP contribution is 2.25. The number of rotatable bonds is 6. The molecule has 0 atom stereocenters. The van der Waals surface area contributed by atoms with Gasteiger partial charge in [0.25, 0.3) is 0 Å². The summed E-state index contributed by atoms with van der Waals surface area (Å²) in [6.45, 7) is 8.50. The monoisotopic (exact) mass is 255 g/mol. The van der Waals surface area contributed by atoms with Crippen molar-refractivity contribution < 1.29 is 0 Å². The van der Waals surface area contributed by atoms with Gasteiger partial charge in [0.15, 0.2) is 0 Å². The second kappa shape index (κ2) is 6.72. The number of halogens is 1. The number of likely N-dealkylation sites (N-methyl/N-ethyl adjacent to an activating group) is 2. The summed E-state index contributed by atoms with van der Waals surface area (Å²) in [7, 11) is 2.05. The molecule has 1 aromatic rings. The first-order chi connectivity index (χ1) is 8.08. The Morgan fingerprint density at radius 1 is 1.18 bits per heavy atom. The lowest BCUT2D eigenvalue weighted by Gasteiger charge is -2.25. The summed E-state index contributed by atoms with van der Waals surface area (Å²) in [5, 5.41) is 0.726. The molecule has 0 saturated carbocycles. The van der Waals surface area contributed by atoms with Gasteiger partial charge in [-0.3, -0.25) is 0 Å². The van der Waals surface area contributed by atoms with Crippen molar-refractivity contribution in [2.24, 2.45) is 0 Å². The SMILES string of the molecule is CCN(CC)CCN(C)c1cc(Cl)ccc1N. The minimum absolute atomic E-state index is 0.726. The number of hydrogen-bond donors (Lipinski definition) is 1. The first kappa shape index (κ1) is 14.1. The number of hydrogen-bond acceptors (Lipinski definition) is 3. The molecular weight excluding hydrogens is 234 g/mol. The molecule has 1 aromatic carbocycles. The molecule has 4 heteroatoms. The molecule has 0 saturated heterocycles. The molecule has 96 valence electrons. The van der Waals surface area contributed by atoms with Gasteiger partial charge in [0.05, 0.1) is 11.4 Å². The summed E-state index contributed by atoms with van der Waals surface area (Å²) in [5.41, 5.74) is 7.73. The summed E-state index contributed by atoms with van der Waals surface area (Å²) in [4.78, 5) is 4.54. The third-order valence-corrected chi connectivity index (χ3v) is 3.28. The molecule has 0 unspecified atom stereocenters. The summed E-state index contributed by atoms with van der Waals surface area (Å²) < 4.78 is 0. The Morgan fingerprint density at radius 3 is 2.41 bits per heavy atom. The minimum Gasteiger partial charge on any atom is -0.397 e. The van der Waals surface area contributed by atoms with Crippen LogP contribution in [0, 0.1) is 0 Å². The average Bonchev–Trinajstić information content (AvgIpc) is 2.33. The summed E-state index contributed by atoms with van der Waals surface area (Å²) in [5.74, 6) is 0. The van der Waals surface area contributed by atoms with Crippen molar-refractivity contribution in [2.45, 2.75) is 13.8 Å². The van der Waals surface area contributed by atoms with E-state index in [-0.39, 0.29) is 0 Å². The molecule has 1 rings (SSSR count). The van der Waals surface area contributed by atoms with Gasteiger partial charge in [0.1, 0.15) is 0 Å². The van der Waals surface area contributed by atoms with E-state index >= 15 is 0 Å². The van der Waals surface area contributed by atoms with Crippen LogP contribution in [-0.4, -0.2) is 38.1 Å². The van der Waals surface area contributed by atoms with Crippen molar-refractivity contribution in [3.05, 3.63) is 23.2 Å². The van der Waals surface area contributed by atoms with Gasteiger partial charge in [-0.1, -0.05) is 25.4 Å². The van der Waals surface area contributed by atoms with E-state index in [0.29, 0.717) is 0 Å².